The minimum atomic E-state index is 1.11. The molecule has 0 heterocycles. The van der Waals surface area contributed by atoms with Crippen molar-refractivity contribution >= 4 is 60.2 Å². The Labute approximate surface area is 274 Å². The molecule has 0 spiro atoms. The molecule has 0 fully saturated rings. The second-order valence-corrected chi connectivity index (χ2v) is 12.1. The van der Waals surface area contributed by atoms with E-state index < -0.39 is 0 Å². The van der Waals surface area contributed by atoms with E-state index in [1.165, 1.54) is 65.3 Å². The van der Waals surface area contributed by atoms with Crippen LogP contribution < -0.4 is 4.90 Å². The summed E-state index contributed by atoms with van der Waals surface area (Å²) in [5.74, 6) is 0. The Bertz CT molecular complexity index is 2570. The topological polar surface area (TPSA) is 3.24 Å². The van der Waals surface area contributed by atoms with Crippen LogP contribution in [0.2, 0.25) is 0 Å². The molecule has 0 unspecified atom stereocenters. The molecule has 220 valence electrons. The van der Waals surface area contributed by atoms with Crippen molar-refractivity contribution in [2.45, 2.75) is 0 Å². The van der Waals surface area contributed by atoms with Gasteiger partial charge < -0.3 is 4.90 Å². The molecule has 1 heteroatoms. The monoisotopic (exact) mass is 597 g/mol. The second-order valence-electron chi connectivity index (χ2n) is 12.1. The van der Waals surface area contributed by atoms with E-state index in [9.17, 15) is 0 Å². The summed E-state index contributed by atoms with van der Waals surface area (Å²) < 4.78 is 0. The van der Waals surface area contributed by atoms with Gasteiger partial charge in [0.15, 0.2) is 0 Å². The highest BCUT2D eigenvalue weighted by atomic mass is 15.1. The molecule has 9 rings (SSSR count). The molecular weight excluding hydrogens is 567 g/mol. The minimum Gasteiger partial charge on any atom is -0.310 e. The van der Waals surface area contributed by atoms with Crippen LogP contribution in [-0.4, -0.2) is 0 Å². The number of hydrogen-bond donors (Lipinski definition) is 0. The van der Waals surface area contributed by atoms with Crippen molar-refractivity contribution in [3.63, 3.8) is 0 Å². The zero-order chi connectivity index (χ0) is 31.2. The minimum absolute atomic E-state index is 1.11. The van der Waals surface area contributed by atoms with E-state index in [-0.39, 0.29) is 0 Å². The van der Waals surface area contributed by atoms with Crippen LogP contribution in [0, 0.1) is 0 Å². The first kappa shape index (κ1) is 27.2. The maximum Gasteiger partial charge on any atom is 0.0540 e. The third kappa shape index (κ3) is 4.72. The molecule has 0 atom stereocenters. The lowest BCUT2D eigenvalue weighted by Gasteiger charge is -2.28. The van der Waals surface area contributed by atoms with Crippen molar-refractivity contribution in [2.24, 2.45) is 0 Å². The molecule has 0 aromatic heterocycles. The van der Waals surface area contributed by atoms with Gasteiger partial charge in [0, 0.05) is 16.9 Å². The third-order valence-electron chi connectivity index (χ3n) is 9.42. The van der Waals surface area contributed by atoms with Crippen LogP contribution in [0.3, 0.4) is 0 Å². The average Bonchev–Trinajstić information content (AvgIpc) is 3.15. The molecule has 0 saturated heterocycles. The molecule has 0 aliphatic rings. The van der Waals surface area contributed by atoms with Gasteiger partial charge in [0.1, 0.15) is 0 Å². The Morgan fingerprint density at radius 2 is 0.851 bits per heavy atom. The Balaban J connectivity index is 1.24. The molecule has 1 nitrogen and oxygen atoms in total. The van der Waals surface area contributed by atoms with Crippen LogP contribution in [0.5, 0.6) is 0 Å². The summed E-state index contributed by atoms with van der Waals surface area (Å²) in [6, 6.07) is 68.3. The molecule has 0 radical (unpaired) electrons. The standard InChI is InChI=1S/C46H31N/c1-2-14-35-30-38(29-24-32(35)12-1)47(46-23-10-9-21-44(46)42-22-11-16-33-13-3-5-17-39(33)42)37-27-25-34(26-28-37)45-31-36-15-4-6-18-40(36)41-19-7-8-20-43(41)45/h1-31H. The fourth-order valence-corrected chi connectivity index (χ4v) is 7.18. The number of rotatable bonds is 5. The Kier molecular flexibility index (Phi) is 6.54. The average molecular weight is 598 g/mol. The van der Waals surface area contributed by atoms with Crippen LogP contribution >= 0.6 is 0 Å². The van der Waals surface area contributed by atoms with Gasteiger partial charge in [-0.3, -0.25) is 0 Å². The van der Waals surface area contributed by atoms with Gasteiger partial charge in [0.05, 0.1) is 5.69 Å². The second kappa shape index (κ2) is 11.3. The van der Waals surface area contributed by atoms with Crippen LogP contribution in [0.25, 0.3) is 65.3 Å². The zero-order valence-corrected chi connectivity index (χ0v) is 25.8. The van der Waals surface area contributed by atoms with E-state index in [0.717, 1.165) is 17.1 Å². The van der Waals surface area contributed by atoms with Crippen molar-refractivity contribution < 1.29 is 0 Å². The summed E-state index contributed by atoms with van der Waals surface area (Å²) in [6.45, 7) is 0. The first-order chi connectivity index (χ1) is 23.3. The predicted octanol–water partition coefficient (Wildman–Crippen LogP) is 13.1. The summed E-state index contributed by atoms with van der Waals surface area (Å²) in [4.78, 5) is 2.41. The molecule has 0 saturated carbocycles. The maximum atomic E-state index is 2.41. The predicted molar refractivity (Wildman–Crippen MR) is 202 cm³/mol. The first-order valence-corrected chi connectivity index (χ1v) is 16.2. The van der Waals surface area contributed by atoms with E-state index in [4.69, 9.17) is 0 Å². The first-order valence-electron chi connectivity index (χ1n) is 16.2. The summed E-state index contributed by atoms with van der Waals surface area (Å²) in [5, 5.41) is 10.0. The highest BCUT2D eigenvalue weighted by Crippen LogP contribution is 2.44. The van der Waals surface area contributed by atoms with E-state index in [1.54, 1.807) is 0 Å². The van der Waals surface area contributed by atoms with E-state index in [0.29, 0.717) is 0 Å². The number of anilines is 3. The molecule has 0 N–H and O–H groups in total. The number of hydrogen-bond acceptors (Lipinski definition) is 1. The molecule has 0 amide bonds. The Hall–Kier alpha value is -6.18. The summed E-state index contributed by atoms with van der Waals surface area (Å²) in [6.07, 6.45) is 0. The van der Waals surface area contributed by atoms with Crippen molar-refractivity contribution in [3.05, 3.63) is 188 Å². The van der Waals surface area contributed by atoms with Crippen molar-refractivity contribution in [1.29, 1.82) is 0 Å². The van der Waals surface area contributed by atoms with E-state index >= 15 is 0 Å². The van der Waals surface area contributed by atoms with Gasteiger partial charge in [0.25, 0.3) is 0 Å². The van der Waals surface area contributed by atoms with Gasteiger partial charge in [-0.1, -0.05) is 152 Å². The van der Waals surface area contributed by atoms with Crippen molar-refractivity contribution in [3.8, 4) is 22.3 Å². The summed E-state index contributed by atoms with van der Waals surface area (Å²) >= 11 is 0. The number of fused-ring (bicyclic) bond motifs is 5. The van der Waals surface area contributed by atoms with Crippen molar-refractivity contribution in [1.82, 2.24) is 0 Å². The Morgan fingerprint density at radius 1 is 0.277 bits per heavy atom. The molecule has 0 aliphatic heterocycles. The molecule has 9 aromatic carbocycles. The quantitative estimate of drug-likeness (QED) is 0.178. The van der Waals surface area contributed by atoms with Crippen LogP contribution in [0.15, 0.2) is 188 Å². The van der Waals surface area contributed by atoms with E-state index in [2.05, 4.69) is 193 Å². The van der Waals surface area contributed by atoms with Gasteiger partial charge >= 0.3 is 0 Å². The molecular formula is C46H31N. The molecule has 9 aromatic rings. The third-order valence-corrected chi connectivity index (χ3v) is 9.42. The summed E-state index contributed by atoms with van der Waals surface area (Å²) in [7, 11) is 0. The largest absolute Gasteiger partial charge is 0.310 e. The van der Waals surface area contributed by atoms with Gasteiger partial charge in [-0.25, -0.2) is 0 Å². The van der Waals surface area contributed by atoms with Crippen LogP contribution in [0.1, 0.15) is 0 Å². The smallest absolute Gasteiger partial charge is 0.0540 e. The fraction of sp³-hybridized carbons (Fsp3) is 0. The zero-order valence-electron chi connectivity index (χ0n) is 25.8. The van der Waals surface area contributed by atoms with Crippen LogP contribution in [-0.2, 0) is 0 Å². The lowest BCUT2D eigenvalue weighted by molar-refractivity contribution is 1.29. The van der Waals surface area contributed by atoms with Crippen molar-refractivity contribution in [2.75, 3.05) is 4.90 Å². The number of nitrogens with zero attached hydrogens (tertiary/aromatic N) is 1. The summed E-state index contributed by atoms with van der Waals surface area (Å²) in [5.41, 5.74) is 8.26. The maximum absolute atomic E-state index is 2.41. The fourth-order valence-electron chi connectivity index (χ4n) is 7.18. The SMILES string of the molecule is c1ccc(N(c2ccc(-c3cc4ccccc4c4ccccc34)cc2)c2ccc3ccccc3c2)c(-c2cccc3ccccc23)c1. The van der Waals surface area contributed by atoms with Gasteiger partial charge in [-0.05, 0) is 96.2 Å². The van der Waals surface area contributed by atoms with E-state index in [1.807, 2.05) is 0 Å². The van der Waals surface area contributed by atoms with Gasteiger partial charge in [0.2, 0.25) is 0 Å². The molecule has 0 aliphatic carbocycles. The lowest BCUT2D eigenvalue weighted by atomic mass is 9.93. The highest BCUT2D eigenvalue weighted by Gasteiger charge is 2.19. The van der Waals surface area contributed by atoms with Gasteiger partial charge in [-0.15, -0.1) is 0 Å². The lowest BCUT2D eigenvalue weighted by Crippen LogP contribution is -2.11. The Morgan fingerprint density at radius 3 is 1.68 bits per heavy atom. The number of para-hydroxylation sites is 1. The normalized spacial score (nSPS) is 11.4. The molecule has 0 bridgehead atoms. The molecule has 47 heavy (non-hydrogen) atoms. The van der Waals surface area contributed by atoms with Crippen LogP contribution in [0.4, 0.5) is 17.1 Å². The number of benzene rings is 9. The highest BCUT2D eigenvalue weighted by molar-refractivity contribution is 6.14. The van der Waals surface area contributed by atoms with Gasteiger partial charge in [-0.2, -0.15) is 0 Å².